The molecule has 4 rings (SSSR count). The lowest BCUT2D eigenvalue weighted by molar-refractivity contribution is -0.140. The van der Waals surface area contributed by atoms with Crippen molar-refractivity contribution in [2.24, 2.45) is 0 Å². The zero-order chi connectivity index (χ0) is 25.0. The zero-order valence-corrected chi connectivity index (χ0v) is 22.1. The summed E-state index contributed by atoms with van der Waals surface area (Å²) in [5.41, 5.74) is 1.08. The van der Waals surface area contributed by atoms with E-state index in [1.54, 1.807) is 16.2 Å². The van der Waals surface area contributed by atoms with Gasteiger partial charge in [-0.2, -0.15) is 0 Å². The van der Waals surface area contributed by atoms with Crippen molar-refractivity contribution in [2.45, 2.75) is 18.0 Å². The summed E-state index contributed by atoms with van der Waals surface area (Å²) in [5.74, 6) is 0.262. The molecule has 190 valence electrons. The van der Waals surface area contributed by atoms with Crippen LogP contribution in [0.4, 0.5) is 0 Å². The van der Waals surface area contributed by atoms with Gasteiger partial charge in [0.1, 0.15) is 0 Å². The SMILES string of the molecule is O=C(CSc1ccccc1)N(CCN1CCOCC1)CC(=O)N(Cc1ccccc1)Cc1cccs1. The van der Waals surface area contributed by atoms with Crippen molar-refractivity contribution < 1.29 is 14.3 Å². The lowest BCUT2D eigenvalue weighted by atomic mass is 10.2. The first-order valence-electron chi connectivity index (χ1n) is 12.3. The Morgan fingerprint density at radius 3 is 2.28 bits per heavy atom. The van der Waals surface area contributed by atoms with E-state index < -0.39 is 0 Å². The van der Waals surface area contributed by atoms with Crippen LogP contribution < -0.4 is 0 Å². The van der Waals surface area contributed by atoms with Gasteiger partial charge < -0.3 is 14.5 Å². The number of thioether (sulfide) groups is 1. The van der Waals surface area contributed by atoms with E-state index in [0.717, 1.165) is 35.0 Å². The molecule has 0 spiro atoms. The van der Waals surface area contributed by atoms with Gasteiger partial charge in [-0.1, -0.05) is 54.6 Å². The van der Waals surface area contributed by atoms with E-state index in [1.165, 1.54) is 11.8 Å². The molecule has 2 amide bonds. The molecule has 6 nitrogen and oxygen atoms in total. The molecule has 3 aromatic rings. The highest BCUT2D eigenvalue weighted by Gasteiger charge is 2.23. The van der Waals surface area contributed by atoms with Gasteiger partial charge in [0.2, 0.25) is 11.8 Å². The van der Waals surface area contributed by atoms with Gasteiger partial charge in [0, 0.05) is 42.5 Å². The van der Waals surface area contributed by atoms with E-state index in [-0.39, 0.29) is 18.4 Å². The molecule has 0 unspecified atom stereocenters. The number of ether oxygens (including phenoxy) is 1. The average molecular weight is 524 g/mol. The number of hydrogen-bond donors (Lipinski definition) is 0. The highest BCUT2D eigenvalue weighted by atomic mass is 32.2. The van der Waals surface area contributed by atoms with Gasteiger partial charge in [-0.3, -0.25) is 14.5 Å². The minimum Gasteiger partial charge on any atom is -0.379 e. The van der Waals surface area contributed by atoms with E-state index in [9.17, 15) is 9.59 Å². The summed E-state index contributed by atoms with van der Waals surface area (Å²) in [5, 5.41) is 2.03. The third-order valence-corrected chi connectivity index (χ3v) is 7.93. The number of carbonyl (C=O) groups is 2. The second-order valence-electron chi connectivity index (χ2n) is 8.69. The van der Waals surface area contributed by atoms with Gasteiger partial charge in [0.15, 0.2) is 0 Å². The Morgan fingerprint density at radius 1 is 0.861 bits per heavy atom. The van der Waals surface area contributed by atoms with Crippen molar-refractivity contribution >= 4 is 34.9 Å². The van der Waals surface area contributed by atoms with Crippen LogP contribution >= 0.6 is 23.1 Å². The Hall–Kier alpha value is -2.65. The second-order valence-corrected chi connectivity index (χ2v) is 10.8. The van der Waals surface area contributed by atoms with Gasteiger partial charge in [0.05, 0.1) is 32.1 Å². The van der Waals surface area contributed by atoms with Crippen LogP contribution in [0.1, 0.15) is 10.4 Å². The summed E-state index contributed by atoms with van der Waals surface area (Å²) in [4.78, 5) is 35.0. The summed E-state index contributed by atoms with van der Waals surface area (Å²) in [6.45, 7) is 5.53. The Morgan fingerprint density at radius 2 is 1.58 bits per heavy atom. The van der Waals surface area contributed by atoms with Crippen LogP contribution in [0.2, 0.25) is 0 Å². The first kappa shape index (κ1) is 26.4. The van der Waals surface area contributed by atoms with E-state index in [1.807, 2.05) is 83.1 Å². The molecule has 0 aliphatic carbocycles. The maximum atomic E-state index is 13.6. The van der Waals surface area contributed by atoms with Crippen LogP contribution in [0, 0.1) is 0 Å². The molecule has 1 aromatic heterocycles. The lowest BCUT2D eigenvalue weighted by Crippen LogP contribution is -2.47. The fraction of sp³-hybridized carbons (Fsp3) is 0.357. The monoisotopic (exact) mass is 523 g/mol. The molecule has 1 fully saturated rings. The number of carbonyl (C=O) groups excluding carboxylic acids is 2. The minimum absolute atomic E-state index is 0.0127. The van der Waals surface area contributed by atoms with Crippen molar-refractivity contribution in [3.8, 4) is 0 Å². The zero-order valence-electron chi connectivity index (χ0n) is 20.5. The Balaban J connectivity index is 1.44. The lowest BCUT2D eigenvalue weighted by Gasteiger charge is -2.31. The molecule has 36 heavy (non-hydrogen) atoms. The molecule has 0 radical (unpaired) electrons. The van der Waals surface area contributed by atoms with Gasteiger partial charge in [-0.05, 0) is 29.1 Å². The Kier molecular flexibility index (Phi) is 10.4. The van der Waals surface area contributed by atoms with E-state index in [0.29, 0.717) is 38.6 Å². The molecule has 0 N–H and O–H groups in total. The Labute approximate surface area is 221 Å². The number of hydrogen-bond acceptors (Lipinski definition) is 6. The van der Waals surface area contributed by atoms with Crippen LogP contribution in [0.15, 0.2) is 83.1 Å². The third-order valence-electron chi connectivity index (χ3n) is 6.07. The van der Waals surface area contributed by atoms with Crippen molar-refractivity contribution in [1.82, 2.24) is 14.7 Å². The third kappa shape index (κ3) is 8.48. The largest absolute Gasteiger partial charge is 0.379 e. The maximum absolute atomic E-state index is 13.6. The van der Waals surface area contributed by atoms with Crippen LogP contribution in [-0.4, -0.2) is 78.2 Å². The maximum Gasteiger partial charge on any atom is 0.242 e. The van der Waals surface area contributed by atoms with Crippen LogP contribution in [0.25, 0.3) is 0 Å². The molecule has 1 aliphatic rings. The summed E-state index contributed by atoms with van der Waals surface area (Å²) < 4.78 is 5.46. The first-order valence-corrected chi connectivity index (χ1v) is 14.1. The predicted octanol–water partition coefficient (Wildman–Crippen LogP) is 4.23. The fourth-order valence-electron chi connectivity index (χ4n) is 4.02. The highest BCUT2D eigenvalue weighted by Crippen LogP contribution is 2.19. The topological polar surface area (TPSA) is 53.1 Å². The molecule has 8 heteroatoms. The first-order chi connectivity index (χ1) is 17.7. The second kappa shape index (κ2) is 14.2. The standard InChI is InChI=1S/C28H33N3O3S2/c32-27(31(21-26-12-7-19-35-26)20-24-8-3-1-4-9-24)22-30(14-13-29-15-17-34-18-16-29)28(33)23-36-25-10-5-2-6-11-25/h1-12,19H,13-18,20-23H2. The van der Waals surface area contributed by atoms with E-state index in [4.69, 9.17) is 4.74 Å². The molecule has 1 saturated heterocycles. The van der Waals surface area contributed by atoms with Gasteiger partial charge in [0.25, 0.3) is 0 Å². The van der Waals surface area contributed by atoms with Crippen molar-refractivity contribution in [1.29, 1.82) is 0 Å². The fourth-order valence-corrected chi connectivity index (χ4v) is 5.56. The minimum atomic E-state index is -0.0349. The number of morpholine rings is 1. The molecule has 1 aliphatic heterocycles. The predicted molar refractivity (Wildman–Crippen MR) is 146 cm³/mol. The van der Waals surface area contributed by atoms with Crippen molar-refractivity contribution in [3.63, 3.8) is 0 Å². The number of benzene rings is 2. The average Bonchev–Trinajstić information content (AvgIpc) is 3.44. The number of thiophene rings is 1. The number of rotatable bonds is 12. The van der Waals surface area contributed by atoms with Gasteiger partial charge in [-0.25, -0.2) is 0 Å². The van der Waals surface area contributed by atoms with E-state index in [2.05, 4.69) is 4.90 Å². The normalized spacial score (nSPS) is 13.9. The molecular formula is C28H33N3O3S2. The van der Waals surface area contributed by atoms with Crippen LogP contribution in [0.3, 0.4) is 0 Å². The summed E-state index contributed by atoms with van der Waals surface area (Å²) in [7, 11) is 0. The van der Waals surface area contributed by atoms with Crippen molar-refractivity contribution in [3.05, 3.63) is 88.6 Å². The molecule has 0 saturated carbocycles. The van der Waals surface area contributed by atoms with Crippen LogP contribution in [0.5, 0.6) is 0 Å². The van der Waals surface area contributed by atoms with Gasteiger partial charge in [-0.15, -0.1) is 23.1 Å². The number of amides is 2. The van der Waals surface area contributed by atoms with Crippen LogP contribution in [-0.2, 0) is 27.4 Å². The Bertz CT molecular complexity index is 1060. The summed E-state index contributed by atoms with van der Waals surface area (Å²) in [6.07, 6.45) is 0. The molecule has 0 atom stereocenters. The summed E-state index contributed by atoms with van der Waals surface area (Å²) in [6, 6.07) is 24.0. The smallest absolute Gasteiger partial charge is 0.242 e. The number of nitrogens with zero attached hydrogens (tertiary/aromatic N) is 3. The molecule has 2 aromatic carbocycles. The highest BCUT2D eigenvalue weighted by molar-refractivity contribution is 8.00. The molecule has 0 bridgehead atoms. The quantitative estimate of drug-likeness (QED) is 0.333. The molecule has 2 heterocycles. The van der Waals surface area contributed by atoms with E-state index >= 15 is 0 Å². The van der Waals surface area contributed by atoms with Crippen molar-refractivity contribution in [2.75, 3.05) is 51.7 Å². The molecular weight excluding hydrogens is 490 g/mol. The van der Waals surface area contributed by atoms with Gasteiger partial charge >= 0.3 is 0 Å². The summed E-state index contributed by atoms with van der Waals surface area (Å²) >= 11 is 3.16.